The van der Waals surface area contributed by atoms with Crippen LogP contribution in [0.4, 0.5) is 0 Å². The van der Waals surface area contributed by atoms with Gasteiger partial charge in [-0.05, 0) is 55.5 Å². The SMILES string of the molecule is CCC(C)=CC1=C(C)C=C(C(=O)Cl)C(CC)C1=S(=O)=O. The molecule has 1 unspecified atom stereocenters. The molecule has 0 aliphatic heterocycles. The molecule has 20 heavy (non-hydrogen) atoms. The quantitative estimate of drug-likeness (QED) is 0.590. The van der Waals surface area contributed by atoms with Gasteiger partial charge in [0.1, 0.15) is 0 Å². The summed E-state index contributed by atoms with van der Waals surface area (Å²) in [5, 5.41) is -0.589. The standard InChI is InChI=1S/C15H19ClO3S/c1-5-9(3)7-12-10(4)8-13(15(16)17)11(6-2)14(12)20(18)19/h7-8,11H,5-6H2,1-4H3. The van der Waals surface area contributed by atoms with Crippen molar-refractivity contribution in [1.82, 2.24) is 0 Å². The van der Waals surface area contributed by atoms with E-state index in [-0.39, 0.29) is 4.86 Å². The first-order chi connectivity index (χ1) is 9.33. The molecule has 0 saturated carbocycles. The fourth-order valence-electron chi connectivity index (χ4n) is 2.27. The van der Waals surface area contributed by atoms with Crippen LogP contribution in [0.2, 0.25) is 0 Å². The van der Waals surface area contributed by atoms with Gasteiger partial charge in [0.2, 0.25) is 15.5 Å². The van der Waals surface area contributed by atoms with Crippen molar-refractivity contribution in [2.45, 2.75) is 40.5 Å². The Morgan fingerprint density at radius 2 is 2.00 bits per heavy atom. The maximum Gasteiger partial charge on any atom is 0.249 e. The third-order valence-electron chi connectivity index (χ3n) is 3.52. The summed E-state index contributed by atoms with van der Waals surface area (Å²) in [4.78, 5) is 11.8. The Balaban J connectivity index is 3.65. The topological polar surface area (TPSA) is 51.2 Å². The third-order valence-corrected chi connectivity index (χ3v) is 4.60. The third kappa shape index (κ3) is 3.49. The van der Waals surface area contributed by atoms with E-state index in [1.165, 1.54) is 0 Å². The molecule has 0 fully saturated rings. The van der Waals surface area contributed by atoms with Crippen molar-refractivity contribution >= 4 is 32.0 Å². The molecule has 1 rings (SSSR count). The van der Waals surface area contributed by atoms with Crippen molar-refractivity contribution in [2.24, 2.45) is 5.92 Å². The van der Waals surface area contributed by atoms with E-state index in [1.54, 1.807) is 13.0 Å². The molecule has 0 saturated heterocycles. The van der Waals surface area contributed by atoms with Crippen LogP contribution >= 0.6 is 11.6 Å². The molecule has 0 N–H and O–H groups in total. The van der Waals surface area contributed by atoms with Gasteiger partial charge in [0.15, 0.2) is 0 Å². The van der Waals surface area contributed by atoms with E-state index in [9.17, 15) is 13.2 Å². The van der Waals surface area contributed by atoms with Gasteiger partial charge >= 0.3 is 0 Å². The van der Waals surface area contributed by atoms with Crippen LogP contribution in [0.3, 0.4) is 0 Å². The lowest BCUT2D eigenvalue weighted by atomic mass is 9.82. The molecule has 110 valence electrons. The van der Waals surface area contributed by atoms with Crippen LogP contribution in [0.15, 0.2) is 34.4 Å². The molecular weight excluding hydrogens is 296 g/mol. The van der Waals surface area contributed by atoms with Crippen LogP contribution in [0.5, 0.6) is 0 Å². The molecule has 0 radical (unpaired) electrons. The molecule has 0 amide bonds. The first kappa shape index (κ1) is 16.9. The Bertz CT molecular complexity index is 641. The van der Waals surface area contributed by atoms with E-state index in [1.807, 2.05) is 26.8 Å². The average molecular weight is 315 g/mol. The zero-order valence-electron chi connectivity index (χ0n) is 12.2. The van der Waals surface area contributed by atoms with Crippen molar-refractivity contribution in [3.05, 3.63) is 34.4 Å². The summed E-state index contributed by atoms with van der Waals surface area (Å²) < 4.78 is 23.3. The highest BCUT2D eigenvalue weighted by atomic mass is 35.5. The predicted molar refractivity (Wildman–Crippen MR) is 83.4 cm³/mol. The highest BCUT2D eigenvalue weighted by Crippen LogP contribution is 2.31. The number of hydrogen-bond donors (Lipinski definition) is 0. The fraction of sp³-hybridized carbons (Fsp3) is 0.467. The molecule has 1 atom stereocenters. The summed E-state index contributed by atoms with van der Waals surface area (Å²) in [6.45, 7) is 7.62. The van der Waals surface area contributed by atoms with Crippen LogP contribution in [0.25, 0.3) is 0 Å². The molecule has 3 nitrogen and oxygen atoms in total. The fourth-order valence-corrected chi connectivity index (χ4v) is 3.38. The highest BCUT2D eigenvalue weighted by molar-refractivity contribution is 7.73. The van der Waals surface area contributed by atoms with Gasteiger partial charge in [-0.2, -0.15) is 8.42 Å². The molecule has 5 heteroatoms. The van der Waals surface area contributed by atoms with Crippen LogP contribution in [-0.2, 0) is 15.1 Å². The number of halogens is 1. The molecular formula is C15H19ClO3S. The van der Waals surface area contributed by atoms with Crippen molar-refractivity contribution < 1.29 is 13.2 Å². The Morgan fingerprint density at radius 1 is 1.40 bits per heavy atom. The highest BCUT2D eigenvalue weighted by Gasteiger charge is 2.30. The molecule has 1 aliphatic rings. The second kappa shape index (κ2) is 7.04. The maximum atomic E-state index is 11.6. The number of carbonyl (C=O) groups excluding carboxylic acids is 1. The zero-order valence-corrected chi connectivity index (χ0v) is 13.7. The molecule has 1 aliphatic carbocycles. The maximum absolute atomic E-state index is 11.6. The average Bonchev–Trinajstić information content (AvgIpc) is 2.39. The first-order valence-corrected chi connectivity index (χ1v) is 8.04. The first-order valence-electron chi connectivity index (χ1n) is 6.59. The van der Waals surface area contributed by atoms with Crippen LogP contribution < -0.4 is 0 Å². The Kier molecular flexibility index (Phi) is 5.96. The van der Waals surface area contributed by atoms with Gasteiger partial charge < -0.3 is 0 Å². The second-order valence-electron chi connectivity index (χ2n) is 4.87. The van der Waals surface area contributed by atoms with Gasteiger partial charge in [-0.1, -0.05) is 25.5 Å². The minimum absolute atomic E-state index is 0.268. The van der Waals surface area contributed by atoms with Crippen LogP contribution in [0, 0.1) is 5.92 Å². The van der Waals surface area contributed by atoms with Gasteiger partial charge in [-0.15, -0.1) is 0 Å². The summed E-state index contributed by atoms with van der Waals surface area (Å²) >= 11 is 5.59. The minimum atomic E-state index is -2.38. The molecule has 0 aromatic rings. The minimum Gasteiger partial charge on any atom is -0.276 e. The smallest absolute Gasteiger partial charge is 0.249 e. The lowest BCUT2D eigenvalue weighted by molar-refractivity contribution is -0.108. The monoisotopic (exact) mass is 314 g/mol. The van der Waals surface area contributed by atoms with E-state index in [2.05, 4.69) is 0 Å². The van der Waals surface area contributed by atoms with Crippen molar-refractivity contribution in [3.8, 4) is 0 Å². The molecule has 0 heterocycles. The molecule has 0 aromatic heterocycles. The summed E-state index contributed by atoms with van der Waals surface area (Å²) in [7, 11) is -2.38. The lowest BCUT2D eigenvalue weighted by Crippen LogP contribution is -2.25. The number of carbonyl (C=O) groups is 1. The Labute approximate surface area is 126 Å². The largest absolute Gasteiger partial charge is 0.276 e. The van der Waals surface area contributed by atoms with E-state index in [0.717, 1.165) is 17.6 Å². The van der Waals surface area contributed by atoms with Crippen LogP contribution in [0.1, 0.15) is 40.5 Å². The zero-order chi connectivity index (χ0) is 15.4. The normalized spacial score (nSPS) is 20.1. The lowest BCUT2D eigenvalue weighted by Gasteiger charge is -2.24. The van der Waals surface area contributed by atoms with Gasteiger partial charge in [-0.3, -0.25) is 4.79 Å². The number of allylic oxidation sites excluding steroid dienone is 6. The van der Waals surface area contributed by atoms with E-state index >= 15 is 0 Å². The van der Waals surface area contributed by atoms with Gasteiger partial charge in [-0.25, -0.2) is 0 Å². The Hall–Kier alpha value is -1.13. The van der Waals surface area contributed by atoms with Crippen molar-refractivity contribution in [1.29, 1.82) is 0 Å². The van der Waals surface area contributed by atoms with Crippen molar-refractivity contribution in [3.63, 3.8) is 0 Å². The van der Waals surface area contributed by atoms with Gasteiger partial charge in [0.25, 0.3) is 0 Å². The van der Waals surface area contributed by atoms with Gasteiger partial charge in [0, 0.05) is 11.5 Å². The Morgan fingerprint density at radius 3 is 2.40 bits per heavy atom. The predicted octanol–water partition coefficient (Wildman–Crippen LogP) is 3.44. The summed E-state index contributed by atoms with van der Waals surface area (Å²) in [5.41, 5.74) is 2.89. The molecule has 0 spiro atoms. The van der Waals surface area contributed by atoms with Crippen LogP contribution in [-0.4, -0.2) is 18.5 Å². The summed E-state index contributed by atoms with van der Waals surface area (Å²) in [6.07, 6.45) is 4.95. The van der Waals surface area contributed by atoms with E-state index in [0.29, 0.717) is 17.6 Å². The van der Waals surface area contributed by atoms with E-state index < -0.39 is 21.5 Å². The second-order valence-corrected chi connectivity index (χ2v) is 6.13. The van der Waals surface area contributed by atoms with Crippen molar-refractivity contribution in [2.75, 3.05) is 0 Å². The molecule has 0 aromatic carbocycles. The summed E-state index contributed by atoms with van der Waals surface area (Å²) in [6, 6.07) is 0. The van der Waals surface area contributed by atoms with Gasteiger partial charge in [0.05, 0.1) is 4.86 Å². The molecule has 0 bridgehead atoms. The number of rotatable bonds is 4. The van der Waals surface area contributed by atoms with E-state index in [4.69, 9.17) is 11.6 Å². The summed E-state index contributed by atoms with van der Waals surface area (Å²) in [5.74, 6) is -0.460. The number of hydrogen-bond acceptors (Lipinski definition) is 3.